The number of rotatable bonds is 4. The molecule has 134 valence electrons. The lowest BCUT2D eigenvalue weighted by molar-refractivity contribution is -0.930. The van der Waals surface area contributed by atoms with Crippen molar-refractivity contribution in [2.45, 2.75) is 32.4 Å². The van der Waals surface area contributed by atoms with Gasteiger partial charge in [-0.1, -0.05) is 24.3 Å². The predicted octanol–water partition coefficient (Wildman–Crippen LogP) is 1.36. The van der Waals surface area contributed by atoms with Crippen LogP contribution in [0.3, 0.4) is 0 Å². The number of carbonyl (C=O) groups is 2. The number of nitrogens with one attached hydrogen (secondary N) is 1. The molecule has 26 heavy (non-hydrogen) atoms. The third-order valence-corrected chi connectivity index (χ3v) is 5.30. The lowest BCUT2D eigenvalue weighted by atomic mass is 9.98. The van der Waals surface area contributed by atoms with E-state index in [4.69, 9.17) is 4.74 Å². The van der Waals surface area contributed by atoms with Gasteiger partial charge in [0.25, 0.3) is 5.91 Å². The van der Waals surface area contributed by atoms with Gasteiger partial charge in [0.2, 0.25) is 5.91 Å². The summed E-state index contributed by atoms with van der Waals surface area (Å²) in [6.07, 6.45) is 1.23. The van der Waals surface area contributed by atoms with E-state index in [1.807, 2.05) is 13.0 Å². The van der Waals surface area contributed by atoms with E-state index in [0.29, 0.717) is 12.3 Å². The third kappa shape index (κ3) is 2.99. The van der Waals surface area contributed by atoms with Crippen LogP contribution in [-0.2, 0) is 22.6 Å². The van der Waals surface area contributed by atoms with E-state index in [1.165, 1.54) is 20.9 Å². The maximum absolute atomic E-state index is 13.0. The van der Waals surface area contributed by atoms with Crippen molar-refractivity contribution in [2.24, 2.45) is 0 Å². The topological polar surface area (TPSA) is 51.0 Å². The number of anilines is 1. The Bertz CT molecular complexity index is 831. The summed E-state index contributed by atoms with van der Waals surface area (Å²) in [6, 6.07) is 15.3. The first-order chi connectivity index (χ1) is 12.7. The molecule has 2 atom stereocenters. The Morgan fingerprint density at radius 2 is 1.81 bits per heavy atom. The average molecular weight is 351 g/mol. The molecule has 1 N–H and O–H groups in total. The van der Waals surface area contributed by atoms with Crippen LogP contribution in [0.2, 0.25) is 0 Å². The van der Waals surface area contributed by atoms with Gasteiger partial charge in [0.15, 0.2) is 6.04 Å². The molecule has 0 saturated carbocycles. The second-order valence-electron chi connectivity index (χ2n) is 6.85. The van der Waals surface area contributed by atoms with Gasteiger partial charge in [0.05, 0.1) is 25.3 Å². The van der Waals surface area contributed by atoms with Crippen molar-refractivity contribution in [3.63, 3.8) is 0 Å². The average Bonchev–Trinajstić information content (AvgIpc) is 2.97. The van der Waals surface area contributed by atoms with Gasteiger partial charge in [0.1, 0.15) is 12.3 Å². The summed E-state index contributed by atoms with van der Waals surface area (Å²) >= 11 is 0. The minimum atomic E-state index is -0.289. The van der Waals surface area contributed by atoms with Crippen LogP contribution in [0, 0.1) is 0 Å². The number of carbonyl (C=O) groups excluding carboxylic acids is 2. The van der Waals surface area contributed by atoms with Crippen molar-refractivity contribution in [1.82, 2.24) is 0 Å². The molecule has 0 radical (unpaired) electrons. The van der Waals surface area contributed by atoms with Crippen molar-refractivity contribution in [3.8, 4) is 5.75 Å². The zero-order valence-electron chi connectivity index (χ0n) is 14.9. The fourth-order valence-electron chi connectivity index (χ4n) is 3.98. The molecule has 1 unspecified atom stereocenters. The molecule has 2 aliphatic rings. The smallest absolute Gasteiger partial charge is 0.292 e. The second kappa shape index (κ2) is 6.92. The number of hydrogen-bond donors (Lipinski definition) is 1. The Morgan fingerprint density at radius 3 is 2.54 bits per heavy atom. The normalized spacial score (nSPS) is 22.4. The van der Waals surface area contributed by atoms with Crippen LogP contribution in [0.15, 0.2) is 48.5 Å². The fourth-order valence-corrected chi connectivity index (χ4v) is 3.98. The Hall–Kier alpha value is -2.66. The van der Waals surface area contributed by atoms with Crippen molar-refractivity contribution >= 4 is 17.5 Å². The summed E-state index contributed by atoms with van der Waals surface area (Å²) in [6.45, 7) is 4.20. The first kappa shape index (κ1) is 16.8. The van der Waals surface area contributed by atoms with E-state index in [1.54, 1.807) is 24.3 Å². The molecule has 5 nitrogen and oxygen atoms in total. The molecule has 1 saturated heterocycles. The standard InChI is InChI=1S/C21H22N2O3/c1-2-26-18-9-7-17(8-10-18)23-20(24)13-19(21(23)25)22-12-11-15-5-3-4-6-16(15)14-22/h3-10,19H,2,11-14H2,1H3/p+1/t19-/m1/s1. The van der Waals surface area contributed by atoms with Crippen LogP contribution in [0.4, 0.5) is 5.69 Å². The highest BCUT2D eigenvalue weighted by Crippen LogP contribution is 2.25. The van der Waals surface area contributed by atoms with Gasteiger partial charge in [0, 0.05) is 12.0 Å². The van der Waals surface area contributed by atoms with Gasteiger partial charge in [-0.3, -0.25) is 9.59 Å². The number of fused-ring (bicyclic) bond motifs is 1. The number of quaternary nitrogens is 1. The first-order valence-corrected chi connectivity index (χ1v) is 9.18. The summed E-state index contributed by atoms with van der Waals surface area (Å²) in [5.74, 6) is 0.536. The maximum atomic E-state index is 13.0. The van der Waals surface area contributed by atoms with E-state index < -0.39 is 0 Å². The molecule has 2 aliphatic heterocycles. The van der Waals surface area contributed by atoms with Crippen molar-refractivity contribution < 1.29 is 19.2 Å². The maximum Gasteiger partial charge on any atom is 0.292 e. The largest absolute Gasteiger partial charge is 0.494 e. The van der Waals surface area contributed by atoms with Crippen molar-refractivity contribution in [3.05, 3.63) is 59.7 Å². The van der Waals surface area contributed by atoms with Crippen LogP contribution in [-0.4, -0.2) is 31.0 Å². The molecule has 2 aromatic carbocycles. The van der Waals surface area contributed by atoms with Gasteiger partial charge >= 0.3 is 0 Å². The highest BCUT2D eigenvalue weighted by atomic mass is 16.5. The minimum Gasteiger partial charge on any atom is -0.494 e. The molecular weight excluding hydrogens is 328 g/mol. The number of imide groups is 1. The summed E-state index contributed by atoms with van der Waals surface area (Å²) in [4.78, 5) is 28.1. The quantitative estimate of drug-likeness (QED) is 0.847. The number of hydrogen-bond acceptors (Lipinski definition) is 3. The molecule has 0 aromatic heterocycles. The molecule has 4 rings (SSSR count). The number of benzene rings is 2. The molecule has 2 amide bonds. The second-order valence-corrected chi connectivity index (χ2v) is 6.85. The molecular formula is C21H23N2O3+. The van der Waals surface area contributed by atoms with Crippen molar-refractivity contribution in [1.29, 1.82) is 0 Å². The lowest BCUT2D eigenvalue weighted by Crippen LogP contribution is -3.16. The predicted molar refractivity (Wildman–Crippen MR) is 98.2 cm³/mol. The van der Waals surface area contributed by atoms with Gasteiger partial charge in [-0.05, 0) is 36.8 Å². The Kier molecular flexibility index (Phi) is 4.47. The zero-order chi connectivity index (χ0) is 18.1. The summed E-state index contributed by atoms with van der Waals surface area (Å²) < 4.78 is 5.43. The van der Waals surface area contributed by atoms with Crippen molar-refractivity contribution in [2.75, 3.05) is 18.1 Å². The van der Waals surface area contributed by atoms with Gasteiger partial charge < -0.3 is 9.64 Å². The lowest BCUT2D eigenvalue weighted by Gasteiger charge is -2.29. The molecule has 2 aromatic rings. The Balaban J connectivity index is 1.52. The van der Waals surface area contributed by atoms with Crippen LogP contribution >= 0.6 is 0 Å². The summed E-state index contributed by atoms with van der Waals surface area (Å²) in [7, 11) is 0. The van der Waals surface area contributed by atoms with E-state index >= 15 is 0 Å². The number of nitrogens with zero attached hydrogens (tertiary/aromatic N) is 1. The van der Waals surface area contributed by atoms with Crippen LogP contribution in [0.5, 0.6) is 5.75 Å². The van der Waals surface area contributed by atoms with Crippen LogP contribution < -0.4 is 14.5 Å². The number of amides is 2. The van der Waals surface area contributed by atoms with Crippen LogP contribution in [0.25, 0.3) is 0 Å². The molecule has 1 fully saturated rings. The monoisotopic (exact) mass is 351 g/mol. The molecule has 0 aliphatic carbocycles. The van der Waals surface area contributed by atoms with E-state index in [9.17, 15) is 9.59 Å². The van der Waals surface area contributed by atoms with Crippen LogP contribution in [0.1, 0.15) is 24.5 Å². The van der Waals surface area contributed by atoms with E-state index in [2.05, 4.69) is 18.2 Å². The molecule has 5 heteroatoms. The van der Waals surface area contributed by atoms with E-state index in [-0.39, 0.29) is 24.3 Å². The zero-order valence-corrected chi connectivity index (χ0v) is 14.9. The SMILES string of the molecule is CCOc1ccc(N2C(=O)C[C@@H]([NH+]3CCc4ccccc4C3)C2=O)cc1. The Labute approximate surface area is 153 Å². The summed E-state index contributed by atoms with van der Waals surface area (Å²) in [5, 5.41) is 0. The molecule has 0 bridgehead atoms. The molecule has 0 spiro atoms. The van der Waals surface area contributed by atoms with Gasteiger partial charge in [-0.25, -0.2) is 4.90 Å². The first-order valence-electron chi connectivity index (χ1n) is 9.18. The third-order valence-electron chi connectivity index (χ3n) is 5.30. The minimum absolute atomic E-state index is 0.0893. The van der Waals surface area contributed by atoms with Gasteiger partial charge in [-0.15, -0.1) is 0 Å². The highest BCUT2D eigenvalue weighted by Gasteiger charge is 2.46. The number of ether oxygens (including phenoxy) is 1. The van der Waals surface area contributed by atoms with E-state index in [0.717, 1.165) is 25.3 Å². The molecule has 2 heterocycles. The van der Waals surface area contributed by atoms with Gasteiger partial charge in [-0.2, -0.15) is 0 Å². The Morgan fingerprint density at radius 1 is 1.08 bits per heavy atom. The fraction of sp³-hybridized carbons (Fsp3) is 0.333. The summed E-state index contributed by atoms with van der Waals surface area (Å²) in [5.41, 5.74) is 3.27. The highest BCUT2D eigenvalue weighted by molar-refractivity contribution is 6.21.